The summed E-state index contributed by atoms with van der Waals surface area (Å²) in [6.07, 6.45) is 4.24. The number of para-hydroxylation sites is 1. The average molecular weight is 309 g/mol. The van der Waals surface area contributed by atoms with Crippen LogP contribution in [-0.4, -0.2) is 16.0 Å². The number of hydrogen-bond donors (Lipinski definition) is 1. The Morgan fingerprint density at radius 1 is 1.23 bits per heavy atom. The normalized spacial score (nSPS) is 16.2. The number of carbonyl (C=O) groups excluding carboxylic acids is 1. The van der Waals surface area contributed by atoms with E-state index in [1.54, 1.807) is 17.2 Å². The number of aromatic nitrogens is 1. The zero-order valence-corrected chi connectivity index (χ0v) is 12.9. The van der Waals surface area contributed by atoms with Crippen molar-refractivity contribution >= 4 is 35.0 Å². The van der Waals surface area contributed by atoms with Crippen molar-refractivity contribution in [2.24, 2.45) is 0 Å². The molecule has 1 N–H and O–H groups in total. The molecular weight excluding hydrogens is 294 g/mol. The number of rotatable bonds is 3. The van der Waals surface area contributed by atoms with Gasteiger partial charge in [-0.1, -0.05) is 31.2 Å². The lowest BCUT2D eigenvalue weighted by molar-refractivity contribution is -0.113. The van der Waals surface area contributed by atoms with Gasteiger partial charge in [-0.05, 0) is 48.5 Å². The first kappa shape index (κ1) is 14.4. The van der Waals surface area contributed by atoms with Gasteiger partial charge < -0.3 is 5.32 Å². The van der Waals surface area contributed by atoms with Crippen LogP contribution >= 0.6 is 12.2 Å². The van der Waals surface area contributed by atoms with Gasteiger partial charge >= 0.3 is 0 Å². The minimum atomic E-state index is -0.156. The Morgan fingerprint density at radius 2 is 2.00 bits per heavy atom. The van der Waals surface area contributed by atoms with E-state index in [1.165, 1.54) is 0 Å². The molecule has 0 radical (unpaired) electrons. The fourth-order valence-corrected chi connectivity index (χ4v) is 2.68. The molecule has 1 aromatic carbocycles. The van der Waals surface area contributed by atoms with Gasteiger partial charge in [0.05, 0.1) is 11.4 Å². The zero-order chi connectivity index (χ0) is 15.5. The molecule has 0 aliphatic carbocycles. The molecule has 1 aliphatic rings. The number of nitrogens with zero attached hydrogens (tertiary/aromatic N) is 2. The summed E-state index contributed by atoms with van der Waals surface area (Å²) in [6.45, 7) is 2.06. The van der Waals surface area contributed by atoms with Crippen molar-refractivity contribution < 1.29 is 4.79 Å². The molecule has 110 valence electrons. The summed E-state index contributed by atoms with van der Waals surface area (Å²) in [5.74, 6) is -0.156. The van der Waals surface area contributed by atoms with Crippen molar-refractivity contribution in [3.05, 3.63) is 65.6 Å². The van der Waals surface area contributed by atoms with E-state index in [0.717, 1.165) is 17.7 Å². The minimum Gasteiger partial charge on any atom is -0.327 e. The van der Waals surface area contributed by atoms with E-state index in [1.807, 2.05) is 42.5 Å². The van der Waals surface area contributed by atoms with Gasteiger partial charge in [0, 0.05) is 6.20 Å². The second-order valence-corrected chi connectivity index (χ2v) is 5.25. The Kier molecular flexibility index (Phi) is 3.98. The van der Waals surface area contributed by atoms with Gasteiger partial charge in [0.2, 0.25) is 0 Å². The maximum Gasteiger partial charge on any atom is 0.281 e. The molecule has 0 bridgehead atoms. The van der Waals surface area contributed by atoms with E-state index >= 15 is 0 Å². The van der Waals surface area contributed by atoms with E-state index in [-0.39, 0.29) is 5.91 Å². The van der Waals surface area contributed by atoms with Gasteiger partial charge in [-0.25, -0.2) is 0 Å². The highest BCUT2D eigenvalue weighted by Crippen LogP contribution is 2.26. The summed E-state index contributed by atoms with van der Waals surface area (Å²) in [5.41, 5.74) is 3.07. The van der Waals surface area contributed by atoms with E-state index in [0.29, 0.717) is 16.5 Å². The molecule has 3 rings (SSSR count). The van der Waals surface area contributed by atoms with Crippen LogP contribution < -0.4 is 10.2 Å². The standard InChI is InChI=1S/C17H15N3OS/c1-2-12-7-3-4-9-15(12)20-16(21)14(19-17(20)22)11-13-8-5-6-10-18-13/h3-11H,2H2,1H3,(H,19,22)/b14-11+. The first-order valence-electron chi connectivity index (χ1n) is 7.06. The van der Waals surface area contributed by atoms with Crippen molar-refractivity contribution in [2.45, 2.75) is 13.3 Å². The van der Waals surface area contributed by atoms with Crippen LogP contribution in [0.25, 0.3) is 6.08 Å². The van der Waals surface area contributed by atoms with E-state index in [2.05, 4.69) is 17.2 Å². The Labute approximate surface area is 134 Å². The fraction of sp³-hybridized carbons (Fsp3) is 0.118. The predicted molar refractivity (Wildman–Crippen MR) is 91.3 cm³/mol. The maximum atomic E-state index is 12.7. The molecule has 5 heteroatoms. The van der Waals surface area contributed by atoms with Crippen molar-refractivity contribution in [3.8, 4) is 0 Å². The van der Waals surface area contributed by atoms with Crippen LogP contribution in [0, 0.1) is 0 Å². The van der Waals surface area contributed by atoms with Gasteiger partial charge in [0.25, 0.3) is 5.91 Å². The van der Waals surface area contributed by atoms with Gasteiger partial charge in [-0.3, -0.25) is 14.7 Å². The molecular formula is C17H15N3OS. The number of nitrogens with one attached hydrogen (secondary N) is 1. The zero-order valence-electron chi connectivity index (χ0n) is 12.1. The monoisotopic (exact) mass is 309 g/mol. The largest absolute Gasteiger partial charge is 0.327 e. The van der Waals surface area contributed by atoms with Crippen molar-refractivity contribution in [1.82, 2.24) is 10.3 Å². The minimum absolute atomic E-state index is 0.156. The van der Waals surface area contributed by atoms with Crippen LogP contribution in [-0.2, 0) is 11.2 Å². The molecule has 1 fully saturated rings. The first-order chi connectivity index (χ1) is 10.7. The van der Waals surface area contributed by atoms with Crippen LogP contribution in [0.4, 0.5) is 5.69 Å². The second-order valence-electron chi connectivity index (χ2n) is 4.87. The smallest absolute Gasteiger partial charge is 0.281 e. The van der Waals surface area contributed by atoms with Crippen molar-refractivity contribution in [2.75, 3.05) is 4.90 Å². The van der Waals surface area contributed by atoms with E-state index in [4.69, 9.17) is 12.2 Å². The lowest BCUT2D eigenvalue weighted by Gasteiger charge is -2.17. The van der Waals surface area contributed by atoms with Crippen LogP contribution in [0.2, 0.25) is 0 Å². The number of pyridine rings is 1. The van der Waals surface area contributed by atoms with Gasteiger partial charge in [0.15, 0.2) is 5.11 Å². The average Bonchev–Trinajstić information content (AvgIpc) is 2.82. The van der Waals surface area contributed by atoms with Gasteiger partial charge in [-0.2, -0.15) is 0 Å². The summed E-state index contributed by atoms with van der Waals surface area (Å²) >= 11 is 5.33. The second kappa shape index (κ2) is 6.07. The van der Waals surface area contributed by atoms with Gasteiger partial charge in [-0.15, -0.1) is 0 Å². The number of thiocarbonyl (C=S) groups is 1. The summed E-state index contributed by atoms with van der Waals surface area (Å²) in [4.78, 5) is 18.4. The number of aryl methyl sites for hydroxylation is 1. The highest BCUT2D eigenvalue weighted by Gasteiger charge is 2.32. The summed E-state index contributed by atoms with van der Waals surface area (Å²) in [6, 6.07) is 13.3. The summed E-state index contributed by atoms with van der Waals surface area (Å²) in [7, 11) is 0. The fourth-order valence-electron chi connectivity index (χ4n) is 2.39. The molecule has 1 aliphatic heterocycles. The van der Waals surface area contributed by atoms with Crippen molar-refractivity contribution in [1.29, 1.82) is 0 Å². The lowest BCUT2D eigenvalue weighted by Crippen LogP contribution is -2.31. The van der Waals surface area contributed by atoms with E-state index < -0.39 is 0 Å². The van der Waals surface area contributed by atoms with Crippen LogP contribution in [0.1, 0.15) is 18.2 Å². The molecule has 0 spiro atoms. The molecule has 1 aromatic heterocycles. The van der Waals surface area contributed by atoms with Crippen LogP contribution in [0.5, 0.6) is 0 Å². The third kappa shape index (κ3) is 2.63. The molecule has 0 atom stereocenters. The Hall–Kier alpha value is -2.53. The molecule has 4 nitrogen and oxygen atoms in total. The number of anilines is 1. The molecule has 1 amide bonds. The van der Waals surface area contributed by atoms with Crippen LogP contribution in [0.15, 0.2) is 54.4 Å². The molecule has 22 heavy (non-hydrogen) atoms. The summed E-state index contributed by atoms with van der Waals surface area (Å²) < 4.78 is 0. The topological polar surface area (TPSA) is 45.2 Å². The highest BCUT2D eigenvalue weighted by molar-refractivity contribution is 7.80. The molecule has 1 saturated heterocycles. The quantitative estimate of drug-likeness (QED) is 0.699. The van der Waals surface area contributed by atoms with E-state index in [9.17, 15) is 4.79 Å². The first-order valence-corrected chi connectivity index (χ1v) is 7.47. The molecule has 2 aromatic rings. The predicted octanol–water partition coefficient (Wildman–Crippen LogP) is 2.91. The van der Waals surface area contributed by atoms with Gasteiger partial charge in [0.1, 0.15) is 5.70 Å². The molecule has 0 unspecified atom stereocenters. The molecule has 0 saturated carbocycles. The number of hydrogen-bond acceptors (Lipinski definition) is 3. The Bertz CT molecular complexity index is 756. The maximum absolute atomic E-state index is 12.7. The molecule has 2 heterocycles. The lowest BCUT2D eigenvalue weighted by atomic mass is 10.1. The SMILES string of the molecule is CCc1ccccc1N1C(=O)/C(=C\c2ccccn2)NC1=S. The number of amides is 1. The third-order valence-electron chi connectivity index (χ3n) is 3.47. The Morgan fingerprint density at radius 3 is 2.73 bits per heavy atom. The Balaban J connectivity index is 1.97. The number of benzene rings is 1. The van der Waals surface area contributed by atoms with Crippen LogP contribution in [0.3, 0.4) is 0 Å². The third-order valence-corrected chi connectivity index (χ3v) is 3.76. The summed E-state index contributed by atoms with van der Waals surface area (Å²) in [5, 5.41) is 3.38. The van der Waals surface area contributed by atoms with Crippen molar-refractivity contribution in [3.63, 3.8) is 0 Å². The highest BCUT2D eigenvalue weighted by atomic mass is 32.1. The number of carbonyl (C=O) groups is 1.